The number of alkyl carbamates (subject to hydrolysis) is 1. The molecular formula is C22H30N6O3. The van der Waals surface area contributed by atoms with Gasteiger partial charge in [0.15, 0.2) is 5.82 Å². The van der Waals surface area contributed by atoms with Crippen LogP contribution in [0.2, 0.25) is 0 Å². The lowest BCUT2D eigenvalue weighted by Crippen LogP contribution is -2.36. The molecule has 31 heavy (non-hydrogen) atoms. The first-order valence-electron chi connectivity index (χ1n) is 10.7. The van der Waals surface area contributed by atoms with Crippen molar-refractivity contribution in [3.63, 3.8) is 0 Å². The van der Waals surface area contributed by atoms with E-state index in [1.807, 2.05) is 26.0 Å². The smallest absolute Gasteiger partial charge is 0.407 e. The lowest BCUT2D eigenvalue weighted by molar-refractivity contribution is 0.0821. The van der Waals surface area contributed by atoms with Crippen LogP contribution in [0.25, 0.3) is 0 Å². The minimum Gasteiger partial charge on any atom is -0.446 e. The number of aromatic nitrogens is 3. The summed E-state index contributed by atoms with van der Waals surface area (Å²) in [6, 6.07) is 5.53. The first-order valence-corrected chi connectivity index (χ1v) is 10.7. The Balaban J connectivity index is 1.33. The van der Waals surface area contributed by atoms with Gasteiger partial charge in [-0.15, -0.1) is 0 Å². The number of aromatic amines is 1. The number of aryl methyl sites for hydroxylation is 1. The third-order valence-electron chi connectivity index (χ3n) is 6.07. The second kappa shape index (κ2) is 8.20. The molecule has 9 heteroatoms. The number of ether oxygens (including phenoxy) is 1. The normalized spacial score (nSPS) is 21.4. The molecule has 2 amide bonds. The van der Waals surface area contributed by atoms with Crippen LogP contribution in [-0.4, -0.2) is 57.8 Å². The highest BCUT2D eigenvalue weighted by Crippen LogP contribution is 2.37. The zero-order valence-corrected chi connectivity index (χ0v) is 18.5. The van der Waals surface area contributed by atoms with Crippen LogP contribution in [0.5, 0.6) is 0 Å². The predicted molar refractivity (Wildman–Crippen MR) is 116 cm³/mol. The first-order chi connectivity index (χ1) is 14.7. The Labute approximate surface area is 181 Å². The lowest BCUT2D eigenvalue weighted by atomic mass is 10.0. The van der Waals surface area contributed by atoms with Crippen molar-refractivity contribution in [2.75, 3.05) is 19.4 Å². The number of hydrogen-bond donors (Lipinski definition) is 3. The number of nitrogens with one attached hydrogen (secondary N) is 3. The van der Waals surface area contributed by atoms with Crippen LogP contribution in [0.3, 0.4) is 0 Å². The molecule has 0 spiro atoms. The highest BCUT2D eigenvalue weighted by atomic mass is 16.6. The van der Waals surface area contributed by atoms with E-state index in [1.165, 1.54) is 4.90 Å². The van der Waals surface area contributed by atoms with Gasteiger partial charge >= 0.3 is 6.09 Å². The first kappa shape index (κ1) is 21.1. The second-order valence-electron chi connectivity index (χ2n) is 9.09. The second-order valence-corrected chi connectivity index (χ2v) is 9.09. The van der Waals surface area contributed by atoms with Gasteiger partial charge in [-0.05, 0) is 58.1 Å². The Kier molecular flexibility index (Phi) is 5.60. The molecule has 3 N–H and O–H groups in total. The van der Waals surface area contributed by atoms with Crippen LogP contribution >= 0.6 is 0 Å². The maximum atomic E-state index is 12.1. The molecule has 2 aromatic heterocycles. The van der Waals surface area contributed by atoms with Gasteiger partial charge in [0.2, 0.25) is 0 Å². The van der Waals surface area contributed by atoms with Gasteiger partial charge in [-0.25, -0.2) is 9.78 Å². The summed E-state index contributed by atoms with van der Waals surface area (Å²) in [6.07, 6.45) is 4.23. The Morgan fingerprint density at radius 1 is 1.26 bits per heavy atom. The lowest BCUT2D eigenvalue weighted by Gasteiger charge is -2.16. The third-order valence-corrected chi connectivity index (χ3v) is 6.07. The number of carbonyl (C=O) groups is 2. The highest BCUT2D eigenvalue weighted by molar-refractivity contribution is 5.92. The highest BCUT2D eigenvalue weighted by Gasteiger charge is 2.40. The number of anilines is 2. The van der Waals surface area contributed by atoms with Gasteiger partial charge in [-0.1, -0.05) is 0 Å². The SMILES string of the molecule is Cc1nc(C(=O)N(C)C)ccc1Nc1cc([C@H]2CC[C@@H](OC(=O)NC3(C)CC3)C2)[nH]n1. The molecule has 2 aliphatic carbocycles. The monoisotopic (exact) mass is 426 g/mol. The molecule has 9 nitrogen and oxygen atoms in total. The van der Waals surface area contributed by atoms with Crippen molar-refractivity contribution in [1.29, 1.82) is 0 Å². The standard InChI is InChI=1S/C22H30N6O3/c1-13-16(7-8-17(23-13)20(29)28(3)4)24-19-12-18(26-27-19)14-5-6-15(11-14)31-21(30)25-22(2)9-10-22/h7-8,12,14-15H,5-6,9-11H2,1-4H3,(H,25,30)(H2,24,26,27)/t14-,15+/m0/s1. The van der Waals surface area contributed by atoms with Crippen LogP contribution in [0, 0.1) is 6.92 Å². The zero-order valence-electron chi connectivity index (χ0n) is 18.5. The van der Waals surface area contributed by atoms with Crippen molar-refractivity contribution in [3.05, 3.63) is 35.3 Å². The van der Waals surface area contributed by atoms with E-state index >= 15 is 0 Å². The number of rotatable bonds is 6. The molecular weight excluding hydrogens is 396 g/mol. The Hall–Kier alpha value is -3.10. The quantitative estimate of drug-likeness (QED) is 0.652. The number of nitrogens with zero attached hydrogens (tertiary/aromatic N) is 3. The van der Waals surface area contributed by atoms with Gasteiger partial charge in [-0.3, -0.25) is 9.89 Å². The number of carbonyl (C=O) groups excluding carboxylic acids is 2. The van der Waals surface area contributed by atoms with E-state index in [0.29, 0.717) is 11.5 Å². The summed E-state index contributed by atoms with van der Waals surface area (Å²) in [4.78, 5) is 30.0. The fourth-order valence-corrected chi connectivity index (χ4v) is 3.86. The van der Waals surface area contributed by atoms with Crippen molar-refractivity contribution in [3.8, 4) is 0 Å². The molecule has 2 saturated carbocycles. The molecule has 166 valence electrons. The molecule has 0 aromatic carbocycles. The summed E-state index contributed by atoms with van der Waals surface area (Å²) in [7, 11) is 3.41. The fraction of sp³-hybridized carbons (Fsp3) is 0.545. The molecule has 2 atom stereocenters. The van der Waals surface area contributed by atoms with Gasteiger partial charge in [-0.2, -0.15) is 5.10 Å². The van der Waals surface area contributed by atoms with Gasteiger partial charge in [0.1, 0.15) is 11.8 Å². The van der Waals surface area contributed by atoms with E-state index in [4.69, 9.17) is 4.74 Å². The summed E-state index contributed by atoms with van der Waals surface area (Å²) in [5.41, 5.74) is 2.89. The number of amides is 2. The Bertz CT molecular complexity index is 981. The van der Waals surface area contributed by atoms with Crippen molar-refractivity contribution in [1.82, 2.24) is 25.4 Å². The number of pyridine rings is 1. The minimum atomic E-state index is -0.309. The molecule has 0 unspecified atom stereocenters. The van der Waals surface area contributed by atoms with E-state index in [9.17, 15) is 9.59 Å². The Morgan fingerprint density at radius 2 is 2.03 bits per heavy atom. The zero-order chi connectivity index (χ0) is 22.2. The topological polar surface area (TPSA) is 112 Å². The minimum absolute atomic E-state index is 0.0655. The van der Waals surface area contributed by atoms with Crippen LogP contribution in [0.4, 0.5) is 16.3 Å². The van der Waals surface area contributed by atoms with Crippen molar-refractivity contribution < 1.29 is 14.3 Å². The molecule has 4 rings (SSSR count). The van der Waals surface area contributed by atoms with Crippen LogP contribution in [-0.2, 0) is 4.74 Å². The maximum Gasteiger partial charge on any atom is 0.407 e. The maximum absolute atomic E-state index is 12.1. The van der Waals surface area contributed by atoms with Gasteiger partial charge < -0.3 is 20.3 Å². The molecule has 2 aliphatic rings. The van der Waals surface area contributed by atoms with Crippen molar-refractivity contribution in [2.24, 2.45) is 0 Å². The van der Waals surface area contributed by atoms with E-state index in [1.54, 1.807) is 20.2 Å². The third kappa shape index (κ3) is 4.98. The summed E-state index contributed by atoms with van der Waals surface area (Å²) in [5.74, 6) is 0.835. The van der Waals surface area contributed by atoms with Crippen molar-refractivity contribution >= 4 is 23.5 Å². The molecule has 0 bridgehead atoms. The largest absolute Gasteiger partial charge is 0.446 e. The molecule has 0 aliphatic heterocycles. The summed E-state index contributed by atoms with van der Waals surface area (Å²) in [5, 5.41) is 13.7. The van der Waals surface area contributed by atoms with E-state index < -0.39 is 0 Å². The average molecular weight is 427 g/mol. The van der Waals surface area contributed by atoms with Gasteiger partial charge in [0.25, 0.3) is 5.91 Å². The fourth-order valence-electron chi connectivity index (χ4n) is 3.86. The molecule has 0 saturated heterocycles. The number of H-pyrrole nitrogens is 1. The summed E-state index contributed by atoms with van der Waals surface area (Å²) in [6.45, 7) is 3.89. The van der Waals surface area contributed by atoms with Gasteiger partial charge in [0, 0.05) is 37.3 Å². The van der Waals surface area contributed by atoms with Crippen molar-refractivity contribution in [2.45, 2.75) is 63.5 Å². The summed E-state index contributed by atoms with van der Waals surface area (Å²) < 4.78 is 5.61. The van der Waals surface area contributed by atoms with Crippen LogP contribution < -0.4 is 10.6 Å². The van der Waals surface area contributed by atoms with Crippen LogP contribution in [0.1, 0.15) is 66.8 Å². The average Bonchev–Trinajstić information content (AvgIpc) is 3.09. The Morgan fingerprint density at radius 3 is 2.71 bits per heavy atom. The molecule has 2 heterocycles. The predicted octanol–water partition coefficient (Wildman–Crippen LogP) is 3.47. The summed E-state index contributed by atoms with van der Waals surface area (Å²) >= 11 is 0. The number of hydrogen-bond acceptors (Lipinski definition) is 6. The molecule has 2 fully saturated rings. The van der Waals surface area contributed by atoms with Crippen LogP contribution in [0.15, 0.2) is 18.2 Å². The van der Waals surface area contributed by atoms with E-state index in [2.05, 4.69) is 25.8 Å². The van der Waals surface area contributed by atoms with E-state index in [0.717, 1.165) is 49.2 Å². The van der Waals surface area contributed by atoms with Gasteiger partial charge in [0.05, 0.1) is 11.4 Å². The molecule has 0 radical (unpaired) electrons. The van der Waals surface area contributed by atoms with E-state index in [-0.39, 0.29) is 29.6 Å². The molecule has 2 aromatic rings.